The van der Waals surface area contributed by atoms with Crippen molar-refractivity contribution in [2.75, 3.05) is 0 Å². The Morgan fingerprint density at radius 2 is 1.42 bits per heavy atom. The molecule has 0 aromatic heterocycles. The Hall–Kier alpha value is 1.39. The van der Waals surface area contributed by atoms with Gasteiger partial charge in [0.2, 0.25) is 0 Å². The van der Waals surface area contributed by atoms with E-state index in [2.05, 4.69) is 44.4 Å². The van der Waals surface area contributed by atoms with E-state index in [0.717, 1.165) is 0 Å². The van der Waals surface area contributed by atoms with Crippen LogP contribution in [0.2, 0.25) is 29.8 Å². The lowest BCUT2D eigenvalue weighted by molar-refractivity contribution is 0.983. The minimum Gasteiger partial charge on any atom is -0.126 e. The van der Waals surface area contributed by atoms with Crippen molar-refractivity contribution in [2.45, 2.75) is 50.1 Å². The number of rotatable bonds is 2. The van der Waals surface area contributed by atoms with Crippen LogP contribution >= 0.6 is 30.6 Å². The molecule has 1 aliphatic heterocycles. The first-order valence-corrected chi connectivity index (χ1v) is 14.7. The van der Waals surface area contributed by atoms with Crippen LogP contribution in [0.5, 0.6) is 0 Å². The highest BCUT2D eigenvalue weighted by atomic mass is 79.9. The molecule has 4 heteroatoms. The Balaban J connectivity index is 2.62. The molecule has 1 saturated heterocycles. The number of hydrogen-bond donors (Lipinski definition) is 0. The Morgan fingerprint density at radius 3 is 1.75 bits per heavy atom. The second-order valence-electron chi connectivity index (χ2n) is 4.04. The van der Waals surface area contributed by atoms with Crippen molar-refractivity contribution in [1.82, 2.24) is 0 Å². The Labute approximate surface area is 93.7 Å². The van der Waals surface area contributed by atoms with Crippen molar-refractivity contribution in [3.05, 3.63) is 0 Å². The molecule has 0 aromatic carbocycles. The molecule has 1 fully saturated rings. The Kier molecular flexibility index (Phi) is 4.09. The fourth-order valence-corrected chi connectivity index (χ4v) is 27.4. The largest absolute Gasteiger partial charge is 0.128 e. The number of halogens is 2. The molecule has 0 amide bonds. The van der Waals surface area contributed by atoms with Gasteiger partial charge in [-0.15, -0.1) is 30.6 Å². The summed E-state index contributed by atoms with van der Waals surface area (Å²) >= 11 is 8.11. The average Bonchev–Trinajstić information content (AvgIpc) is 2.05. The molecule has 2 atom stereocenters. The fraction of sp³-hybridized carbons (Fsp3) is 1.00. The van der Waals surface area contributed by atoms with Gasteiger partial charge in [-0.3, -0.25) is 0 Å². The first-order valence-electron chi connectivity index (χ1n) is 4.91. The zero-order chi connectivity index (χ0) is 9.24. The summed E-state index contributed by atoms with van der Waals surface area (Å²) in [5, 5.41) is 0. The van der Waals surface area contributed by atoms with E-state index in [4.69, 9.17) is 0 Å². The third-order valence-corrected chi connectivity index (χ3v) is 24.0. The highest BCUT2D eigenvalue weighted by Gasteiger charge is 2.43. The van der Waals surface area contributed by atoms with Gasteiger partial charge in [-0.05, 0) is 17.8 Å². The van der Waals surface area contributed by atoms with Crippen LogP contribution in [0.15, 0.2) is 0 Å². The summed E-state index contributed by atoms with van der Waals surface area (Å²) in [5.74, 6) is 0. The highest BCUT2D eigenvalue weighted by molar-refractivity contribution is 9.27. The third-order valence-electron chi connectivity index (χ3n) is 3.15. The summed E-state index contributed by atoms with van der Waals surface area (Å²) in [5.41, 5.74) is 1.56. The van der Waals surface area contributed by atoms with Gasteiger partial charge in [-0.2, -0.15) is 0 Å². The topological polar surface area (TPSA) is 0 Å². The summed E-state index contributed by atoms with van der Waals surface area (Å²) in [7, 11) is 0. The maximum atomic E-state index is 4.05. The van der Waals surface area contributed by atoms with Crippen LogP contribution in [0.3, 0.4) is 0 Å². The summed E-state index contributed by atoms with van der Waals surface area (Å²) in [6.45, 7) is 2.85. The van der Waals surface area contributed by atoms with E-state index < -0.39 is 13.4 Å². The molecule has 0 spiro atoms. The minimum absolute atomic E-state index is 0.940. The quantitative estimate of drug-likeness (QED) is 0.511. The van der Waals surface area contributed by atoms with Gasteiger partial charge in [0.15, 0.2) is 0 Å². The van der Waals surface area contributed by atoms with E-state index in [1.165, 1.54) is 30.6 Å². The molecule has 0 N–H and O–H groups in total. The van der Waals surface area contributed by atoms with Crippen molar-refractivity contribution < 1.29 is 0 Å². The molecule has 12 heavy (non-hydrogen) atoms. The van der Waals surface area contributed by atoms with Gasteiger partial charge in [0.25, 0.3) is 0 Å². The van der Waals surface area contributed by atoms with E-state index in [0.29, 0.717) is 0 Å². The molecule has 1 aliphatic rings. The maximum Gasteiger partial charge on any atom is 0.128 e. The van der Waals surface area contributed by atoms with Crippen molar-refractivity contribution in [3.8, 4) is 0 Å². The van der Waals surface area contributed by atoms with E-state index in [-0.39, 0.29) is 0 Å². The van der Waals surface area contributed by atoms with Gasteiger partial charge in [0.05, 0.1) is 0 Å². The SMILES string of the molecule is CC[Si]1(Br)CCC[Si](Br)(CC)C1. The molecule has 1 rings (SSSR count). The normalized spacial score (nSPS) is 43.0. The molecular weight excluding hydrogens is 312 g/mol. The zero-order valence-corrected chi connectivity index (χ0v) is 13.2. The molecular formula is C8H18Br2Si2. The predicted octanol–water partition coefficient (Wildman–Crippen LogP) is 4.65. The predicted molar refractivity (Wildman–Crippen MR) is 69.4 cm³/mol. The first-order chi connectivity index (χ1) is 5.54. The van der Waals surface area contributed by atoms with Crippen LogP contribution in [-0.4, -0.2) is 13.4 Å². The van der Waals surface area contributed by atoms with Crippen LogP contribution in [0.4, 0.5) is 0 Å². The molecule has 0 radical (unpaired) electrons. The van der Waals surface area contributed by atoms with Gasteiger partial charge in [0, 0.05) is 0 Å². The molecule has 1 heterocycles. The van der Waals surface area contributed by atoms with Crippen molar-refractivity contribution in [2.24, 2.45) is 0 Å². The van der Waals surface area contributed by atoms with Crippen LogP contribution < -0.4 is 0 Å². The average molecular weight is 330 g/mol. The van der Waals surface area contributed by atoms with Gasteiger partial charge in [-0.1, -0.05) is 32.4 Å². The van der Waals surface area contributed by atoms with Gasteiger partial charge in [0.1, 0.15) is 13.4 Å². The smallest absolute Gasteiger partial charge is 0.126 e. The molecule has 72 valence electrons. The van der Waals surface area contributed by atoms with Crippen molar-refractivity contribution in [3.63, 3.8) is 0 Å². The van der Waals surface area contributed by atoms with E-state index in [9.17, 15) is 0 Å². The summed E-state index contributed by atoms with van der Waals surface area (Å²) in [4.78, 5) is 0. The van der Waals surface area contributed by atoms with Crippen LogP contribution in [0.1, 0.15) is 20.3 Å². The molecule has 2 unspecified atom stereocenters. The zero-order valence-electron chi connectivity index (χ0n) is 8.00. The first kappa shape index (κ1) is 11.5. The molecule has 0 aliphatic carbocycles. The summed E-state index contributed by atoms with van der Waals surface area (Å²) in [6.07, 6.45) is 1.48. The Morgan fingerprint density at radius 1 is 1.00 bits per heavy atom. The third kappa shape index (κ3) is 2.69. The van der Waals surface area contributed by atoms with Crippen LogP contribution in [0.25, 0.3) is 0 Å². The molecule has 0 bridgehead atoms. The van der Waals surface area contributed by atoms with Gasteiger partial charge in [-0.25, -0.2) is 0 Å². The lowest BCUT2D eigenvalue weighted by Gasteiger charge is -2.38. The lowest BCUT2D eigenvalue weighted by atomic mass is 10.6. The van der Waals surface area contributed by atoms with Gasteiger partial charge >= 0.3 is 0 Å². The fourth-order valence-electron chi connectivity index (χ4n) is 2.07. The monoisotopic (exact) mass is 328 g/mol. The molecule has 0 nitrogen and oxygen atoms in total. The van der Waals surface area contributed by atoms with Gasteiger partial charge < -0.3 is 0 Å². The molecule has 0 saturated carbocycles. The highest BCUT2D eigenvalue weighted by Crippen LogP contribution is 2.45. The van der Waals surface area contributed by atoms with Crippen LogP contribution in [-0.2, 0) is 0 Å². The molecule has 0 aromatic rings. The second-order valence-corrected chi connectivity index (χ2v) is 22.6. The summed E-state index contributed by atoms with van der Waals surface area (Å²) in [6, 6.07) is 5.88. The van der Waals surface area contributed by atoms with Crippen LogP contribution in [0, 0.1) is 0 Å². The van der Waals surface area contributed by atoms with E-state index in [1.807, 2.05) is 0 Å². The number of hydrogen-bond acceptors (Lipinski definition) is 0. The van der Waals surface area contributed by atoms with E-state index in [1.54, 1.807) is 5.67 Å². The van der Waals surface area contributed by atoms with E-state index >= 15 is 0 Å². The minimum atomic E-state index is -0.940. The Bertz CT molecular complexity index is 149. The summed E-state index contributed by atoms with van der Waals surface area (Å²) < 4.78 is 0. The van der Waals surface area contributed by atoms with Crippen molar-refractivity contribution >= 4 is 44.0 Å². The second kappa shape index (κ2) is 4.28. The maximum absolute atomic E-state index is 4.05. The lowest BCUT2D eigenvalue weighted by Crippen LogP contribution is -2.42. The standard InChI is InChI=1S/C8H18Br2Si2/c1-3-11(9)6-5-7-12(10,4-2)8-11/h3-8H2,1-2H3. The van der Waals surface area contributed by atoms with Crippen molar-refractivity contribution in [1.29, 1.82) is 0 Å².